The average molecular weight is 392 g/mol. The van der Waals surface area contributed by atoms with Crippen molar-refractivity contribution in [2.24, 2.45) is 0 Å². The number of methoxy groups -OCH3 is 1. The van der Waals surface area contributed by atoms with E-state index in [1.54, 1.807) is 18.0 Å². The van der Waals surface area contributed by atoms with E-state index in [-0.39, 0.29) is 5.56 Å². The highest BCUT2D eigenvalue weighted by molar-refractivity contribution is 7.17. The van der Waals surface area contributed by atoms with Crippen LogP contribution >= 0.6 is 11.3 Å². The molecule has 2 heterocycles. The molecule has 0 amide bonds. The van der Waals surface area contributed by atoms with Crippen LogP contribution in [0.4, 0.5) is 0 Å². The Bertz CT molecular complexity index is 1150. The Morgan fingerprint density at radius 2 is 1.75 bits per heavy atom. The number of hydrogen-bond donors (Lipinski definition) is 0. The topological polar surface area (TPSA) is 53.4 Å². The predicted molar refractivity (Wildman–Crippen MR) is 113 cm³/mol. The Morgan fingerprint density at radius 1 is 1.04 bits per heavy atom. The van der Waals surface area contributed by atoms with Crippen LogP contribution in [-0.2, 0) is 6.54 Å². The quantitative estimate of drug-likeness (QED) is 0.484. The first-order chi connectivity index (χ1) is 13.7. The van der Waals surface area contributed by atoms with Crippen molar-refractivity contribution in [3.05, 3.63) is 76.2 Å². The molecule has 2 aromatic heterocycles. The monoisotopic (exact) mass is 392 g/mol. The molecule has 0 fully saturated rings. The first kappa shape index (κ1) is 18.3. The Labute approximate surface area is 166 Å². The summed E-state index contributed by atoms with van der Waals surface area (Å²) in [6.45, 7) is 2.85. The molecule has 0 N–H and O–H groups in total. The minimum atomic E-state index is -0.0415. The van der Waals surface area contributed by atoms with Gasteiger partial charge in [-0.2, -0.15) is 0 Å². The number of aromatic nitrogens is 2. The lowest BCUT2D eigenvalue weighted by Gasteiger charge is -2.09. The maximum Gasteiger partial charge on any atom is 0.262 e. The summed E-state index contributed by atoms with van der Waals surface area (Å²) in [5.41, 5.74) is 3.11. The molecular weight excluding hydrogens is 372 g/mol. The number of benzene rings is 2. The third-order valence-corrected chi connectivity index (χ3v) is 5.47. The van der Waals surface area contributed by atoms with Gasteiger partial charge in [-0.15, -0.1) is 11.3 Å². The average Bonchev–Trinajstić information content (AvgIpc) is 3.16. The Morgan fingerprint density at radius 3 is 2.46 bits per heavy atom. The fourth-order valence-corrected chi connectivity index (χ4v) is 3.91. The third kappa shape index (κ3) is 3.64. The molecule has 0 radical (unpaired) electrons. The first-order valence-electron chi connectivity index (χ1n) is 8.96. The molecule has 4 rings (SSSR count). The summed E-state index contributed by atoms with van der Waals surface area (Å²) in [5, 5.41) is 2.67. The molecule has 0 aliphatic heterocycles. The number of rotatable bonds is 6. The highest BCUT2D eigenvalue weighted by Gasteiger charge is 2.13. The first-order valence-corrected chi connectivity index (χ1v) is 9.84. The summed E-state index contributed by atoms with van der Waals surface area (Å²) in [7, 11) is 1.63. The van der Waals surface area contributed by atoms with E-state index in [2.05, 4.69) is 17.1 Å². The van der Waals surface area contributed by atoms with Gasteiger partial charge in [0.15, 0.2) is 0 Å². The zero-order valence-electron chi connectivity index (χ0n) is 15.7. The molecule has 0 atom stereocenters. The Kier molecular flexibility index (Phi) is 5.12. The van der Waals surface area contributed by atoms with E-state index < -0.39 is 0 Å². The van der Waals surface area contributed by atoms with E-state index in [0.717, 1.165) is 27.5 Å². The van der Waals surface area contributed by atoms with Crippen molar-refractivity contribution in [2.45, 2.75) is 13.5 Å². The fraction of sp³-hybridized carbons (Fsp3) is 0.182. The van der Waals surface area contributed by atoms with Crippen molar-refractivity contribution in [1.29, 1.82) is 0 Å². The number of hydrogen-bond acceptors (Lipinski definition) is 5. The van der Waals surface area contributed by atoms with Crippen LogP contribution in [0.15, 0.2) is 65.0 Å². The van der Waals surface area contributed by atoms with Crippen LogP contribution in [0.1, 0.15) is 5.56 Å². The van der Waals surface area contributed by atoms with Gasteiger partial charge in [-0.1, -0.05) is 29.8 Å². The van der Waals surface area contributed by atoms with Crippen LogP contribution in [-0.4, -0.2) is 23.3 Å². The highest BCUT2D eigenvalue weighted by atomic mass is 32.1. The summed E-state index contributed by atoms with van der Waals surface area (Å²) in [6.07, 6.45) is 1.59. The number of thiophene rings is 1. The molecule has 4 aromatic rings. The van der Waals surface area contributed by atoms with Crippen LogP contribution in [0, 0.1) is 6.92 Å². The van der Waals surface area contributed by atoms with E-state index >= 15 is 0 Å². The zero-order chi connectivity index (χ0) is 19.5. The van der Waals surface area contributed by atoms with Gasteiger partial charge in [0.1, 0.15) is 22.9 Å². The van der Waals surface area contributed by atoms with E-state index in [1.165, 1.54) is 16.9 Å². The molecule has 0 aliphatic carbocycles. The molecular formula is C22H20N2O3S. The largest absolute Gasteiger partial charge is 0.497 e. The van der Waals surface area contributed by atoms with Gasteiger partial charge in [0.25, 0.3) is 5.56 Å². The lowest BCUT2D eigenvalue weighted by Crippen LogP contribution is -2.23. The summed E-state index contributed by atoms with van der Waals surface area (Å²) >= 11 is 1.49. The van der Waals surface area contributed by atoms with Crippen LogP contribution in [0.2, 0.25) is 0 Å². The van der Waals surface area contributed by atoms with Crippen molar-refractivity contribution < 1.29 is 9.47 Å². The standard InChI is InChI=1S/C22H20N2O3S/c1-15-3-5-16(6-4-15)19-13-28-21-20(19)22(25)24(14-23-21)11-12-27-18-9-7-17(26-2)8-10-18/h3-10,13-14H,11-12H2,1-2H3. The summed E-state index contributed by atoms with van der Waals surface area (Å²) in [4.78, 5) is 18.3. The molecule has 2 aromatic carbocycles. The normalized spacial score (nSPS) is 10.9. The van der Waals surface area contributed by atoms with E-state index in [1.807, 2.05) is 48.7 Å². The van der Waals surface area contributed by atoms with Crippen molar-refractivity contribution in [3.8, 4) is 22.6 Å². The number of fused-ring (bicyclic) bond motifs is 1. The summed E-state index contributed by atoms with van der Waals surface area (Å²) in [5.74, 6) is 1.51. The Hall–Kier alpha value is -3.12. The molecule has 0 aliphatic rings. The molecule has 0 saturated heterocycles. The smallest absolute Gasteiger partial charge is 0.262 e. The van der Waals surface area contributed by atoms with E-state index in [9.17, 15) is 4.79 Å². The van der Waals surface area contributed by atoms with Gasteiger partial charge in [-0.05, 0) is 36.8 Å². The number of nitrogens with zero attached hydrogens (tertiary/aromatic N) is 2. The van der Waals surface area contributed by atoms with Gasteiger partial charge in [-0.25, -0.2) is 4.98 Å². The van der Waals surface area contributed by atoms with E-state index in [0.29, 0.717) is 18.5 Å². The molecule has 0 bridgehead atoms. The SMILES string of the molecule is COc1ccc(OCCn2cnc3scc(-c4ccc(C)cc4)c3c2=O)cc1. The van der Waals surface area contributed by atoms with Crippen molar-refractivity contribution >= 4 is 21.6 Å². The lowest BCUT2D eigenvalue weighted by molar-refractivity contribution is 0.295. The second-order valence-electron chi connectivity index (χ2n) is 6.46. The second kappa shape index (κ2) is 7.86. The van der Waals surface area contributed by atoms with Gasteiger partial charge in [0.05, 0.1) is 25.4 Å². The van der Waals surface area contributed by atoms with Crippen molar-refractivity contribution in [1.82, 2.24) is 9.55 Å². The van der Waals surface area contributed by atoms with E-state index in [4.69, 9.17) is 9.47 Å². The van der Waals surface area contributed by atoms with Gasteiger partial charge in [-0.3, -0.25) is 9.36 Å². The summed E-state index contributed by atoms with van der Waals surface area (Å²) < 4.78 is 12.5. The lowest BCUT2D eigenvalue weighted by atomic mass is 10.1. The van der Waals surface area contributed by atoms with Crippen LogP contribution < -0.4 is 15.0 Å². The predicted octanol–water partition coefficient (Wildman–Crippen LogP) is 4.52. The van der Waals surface area contributed by atoms with Crippen molar-refractivity contribution in [3.63, 3.8) is 0 Å². The molecule has 5 nitrogen and oxygen atoms in total. The highest BCUT2D eigenvalue weighted by Crippen LogP contribution is 2.30. The second-order valence-corrected chi connectivity index (χ2v) is 7.32. The molecule has 0 saturated carbocycles. The van der Waals surface area contributed by atoms with Crippen LogP contribution in [0.5, 0.6) is 11.5 Å². The maximum atomic E-state index is 13.0. The maximum absolute atomic E-state index is 13.0. The number of ether oxygens (including phenoxy) is 2. The van der Waals surface area contributed by atoms with Gasteiger partial charge >= 0.3 is 0 Å². The van der Waals surface area contributed by atoms with Gasteiger partial charge in [0.2, 0.25) is 0 Å². The number of aryl methyl sites for hydroxylation is 1. The molecule has 142 valence electrons. The molecule has 6 heteroatoms. The molecule has 0 spiro atoms. The summed E-state index contributed by atoms with van der Waals surface area (Å²) in [6, 6.07) is 15.6. The zero-order valence-corrected chi connectivity index (χ0v) is 16.5. The van der Waals surface area contributed by atoms with Gasteiger partial charge < -0.3 is 9.47 Å². The minimum absolute atomic E-state index is 0.0415. The Balaban J connectivity index is 1.56. The van der Waals surface area contributed by atoms with Crippen molar-refractivity contribution in [2.75, 3.05) is 13.7 Å². The van der Waals surface area contributed by atoms with Gasteiger partial charge in [0, 0.05) is 10.9 Å². The molecule has 0 unspecified atom stereocenters. The van der Waals surface area contributed by atoms with Crippen LogP contribution in [0.3, 0.4) is 0 Å². The third-order valence-electron chi connectivity index (χ3n) is 4.58. The minimum Gasteiger partial charge on any atom is -0.497 e. The molecule has 28 heavy (non-hydrogen) atoms. The fourth-order valence-electron chi connectivity index (χ4n) is 3.01. The van der Waals surface area contributed by atoms with Crippen LogP contribution in [0.25, 0.3) is 21.3 Å².